The van der Waals surface area contributed by atoms with E-state index < -0.39 is 0 Å². The molecule has 9 nitrogen and oxygen atoms in total. The number of fused-ring (bicyclic) bond motifs is 4. The van der Waals surface area contributed by atoms with Gasteiger partial charge in [0.05, 0.1) is 25.5 Å². The summed E-state index contributed by atoms with van der Waals surface area (Å²) in [6, 6.07) is 0. The topological polar surface area (TPSA) is 86.1 Å². The molecule has 2 atom stereocenters. The van der Waals surface area contributed by atoms with Crippen molar-refractivity contribution in [3.05, 3.63) is 58.7 Å². The van der Waals surface area contributed by atoms with Crippen LogP contribution < -0.4 is 5.32 Å². The lowest BCUT2D eigenvalue weighted by Crippen LogP contribution is -2.44. The Morgan fingerprint density at radius 1 is 1.26 bits per heavy atom. The number of methoxy groups -OCH3 is 1. The van der Waals surface area contributed by atoms with E-state index >= 15 is 0 Å². The third kappa shape index (κ3) is 4.82. The molecule has 34 heavy (non-hydrogen) atoms. The molecule has 0 spiro atoms. The normalized spacial score (nSPS) is 26.9. The smallest absolute Gasteiger partial charge is 0.203 e. The van der Waals surface area contributed by atoms with Crippen molar-refractivity contribution >= 4 is 12.1 Å². The minimum absolute atomic E-state index is 0.128. The molecular weight excluding hydrogens is 436 g/mol. The average Bonchev–Trinajstić information content (AvgIpc) is 3.32. The van der Waals surface area contributed by atoms with Gasteiger partial charge in [-0.25, -0.2) is 0 Å². The van der Waals surface area contributed by atoms with Crippen LogP contribution in [0.15, 0.2) is 68.7 Å². The van der Waals surface area contributed by atoms with Gasteiger partial charge in [-0.05, 0) is 24.3 Å². The maximum absolute atomic E-state index is 6.21. The number of aliphatic imine (C=N–C) groups is 2. The quantitative estimate of drug-likeness (QED) is 0.635. The molecule has 1 aliphatic carbocycles. The Morgan fingerprint density at radius 3 is 3.12 bits per heavy atom. The lowest BCUT2D eigenvalue weighted by Gasteiger charge is -2.39. The molecule has 4 heterocycles. The van der Waals surface area contributed by atoms with Crippen LogP contribution in [0.4, 0.5) is 0 Å². The highest BCUT2D eigenvalue weighted by molar-refractivity contribution is 5.97. The molecule has 1 saturated heterocycles. The monoisotopic (exact) mass is 468 g/mol. The summed E-state index contributed by atoms with van der Waals surface area (Å²) < 4.78 is 29.3. The van der Waals surface area contributed by atoms with Crippen LogP contribution in [0.3, 0.4) is 0 Å². The van der Waals surface area contributed by atoms with E-state index in [9.17, 15) is 0 Å². The summed E-state index contributed by atoms with van der Waals surface area (Å²) in [7, 11) is 1.66. The van der Waals surface area contributed by atoms with Crippen LogP contribution in [0.5, 0.6) is 0 Å². The second-order valence-electron chi connectivity index (χ2n) is 8.79. The summed E-state index contributed by atoms with van der Waals surface area (Å²) in [5, 5.41) is 3.49. The van der Waals surface area contributed by atoms with Crippen molar-refractivity contribution < 1.29 is 23.7 Å². The molecule has 1 N–H and O–H groups in total. The Hall–Kier alpha value is -2.88. The summed E-state index contributed by atoms with van der Waals surface area (Å²) in [5.41, 5.74) is 2.98. The van der Waals surface area contributed by atoms with Crippen LogP contribution in [0.2, 0.25) is 0 Å². The summed E-state index contributed by atoms with van der Waals surface area (Å²) in [6.07, 6.45) is 12.2. The van der Waals surface area contributed by atoms with Gasteiger partial charge in [0.1, 0.15) is 24.4 Å². The number of amidine groups is 1. The number of nitrogens with one attached hydrogen (secondary N) is 1. The second kappa shape index (κ2) is 10.6. The first-order valence-corrected chi connectivity index (χ1v) is 11.9. The molecular formula is C25H32N4O5. The first-order valence-electron chi connectivity index (χ1n) is 11.9. The number of hydrogen-bond acceptors (Lipinski definition) is 9. The molecule has 5 rings (SSSR count). The molecule has 182 valence electrons. The molecule has 4 aliphatic heterocycles. The molecule has 5 aliphatic rings. The molecule has 2 unspecified atom stereocenters. The zero-order valence-electron chi connectivity index (χ0n) is 19.8. The molecule has 0 aromatic heterocycles. The van der Waals surface area contributed by atoms with Crippen molar-refractivity contribution in [1.29, 1.82) is 0 Å². The SMILES string of the molecule is COCCOC1=CC2=NCC3=C(N2)N1C1=C2OCOC2CC=C1C=NC=CCC(C)COCC3. The van der Waals surface area contributed by atoms with E-state index in [4.69, 9.17) is 28.7 Å². The predicted octanol–water partition coefficient (Wildman–Crippen LogP) is 2.97. The molecule has 0 aromatic carbocycles. The van der Waals surface area contributed by atoms with E-state index in [1.165, 1.54) is 0 Å². The number of ether oxygens (including phenoxy) is 5. The maximum Gasteiger partial charge on any atom is 0.203 e. The Labute approximate surface area is 200 Å². The number of hydrogen-bond donors (Lipinski definition) is 1. The Bertz CT molecular complexity index is 1010. The van der Waals surface area contributed by atoms with Crippen LogP contribution >= 0.6 is 0 Å². The van der Waals surface area contributed by atoms with Gasteiger partial charge in [-0.15, -0.1) is 0 Å². The molecule has 0 radical (unpaired) electrons. The van der Waals surface area contributed by atoms with E-state index in [1.54, 1.807) is 7.11 Å². The number of allylic oxidation sites excluding steroid dienone is 2. The van der Waals surface area contributed by atoms with Gasteiger partial charge < -0.3 is 29.0 Å². The molecule has 1 fully saturated rings. The molecule has 0 saturated carbocycles. The fraction of sp³-hybridized carbons (Fsp3) is 0.520. The molecule has 0 aromatic rings. The summed E-state index contributed by atoms with van der Waals surface area (Å²) in [5.74, 6) is 3.59. The lowest BCUT2D eigenvalue weighted by molar-refractivity contribution is 0.0506. The van der Waals surface area contributed by atoms with Gasteiger partial charge in [-0.2, -0.15) is 0 Å². The van der Waals surface area contributed by atoms with Crippen LogP contribution in [0.1, 0.15) is 26.2 Å². The predicted molar refractivity (Wildman–Crippen MR) is 128 cm³/mol. The highest BCUT2D eigenvalue weighted by atomic mass is 16.7. The third-order valence-electron chi connectivity index (χ3n) is 6.22. The van der Waals surface area contributed by atoms with Gasteiger partial charge in [0.25, 0.3) is 0 Å². The second-order valence-corrected chi connectivity index (χ2v) is 8.79. The summed E-state index contributed by atoms with van der Waals surface area (Å²) in [4.78, 5) is 11.4. The minimum atomic E-state index is -0.128. The van der Waals surface area contributed by atoms with E-state index in [0.29, 0.717) is 44.8 Å². The van der Waals surface area contributed by atoms with E-state index in [2.05, 4.69) is 34.3 Å². The average molecular weight is 469 g/mol. The Balaban J connectivity index is 1.60. The van der Waals surface area contributed by atoms with Crippen LogP contribution in [-0.4, -0.2) is 69.9 Å². The van der Waals surface area contributed by atoms with Gasteiger partial charge in [0, 0.05) is 44.2 Å². The Morgan fingerprint density at radius 2 is 2.21 bits per heavy atom. The number of rotatable bonds is 4. The number of nitrogens with zero attached hydrogens (tertiary/aromatic N) is 3. The van der Waals surface area contributed by atoms with Gasteiger partial charge >= 0.3 is 0 Å². The Kier molecular flexibility index (Phi) is 7.13. The van der Waals surface area contributed by atoms with Gasteiger partial charge in [0.15, 0.2) is 12.6 Å². The van der Waals surface area contributed by atoms with Crippen LogP contribution in [-0.2, 0) is 23.7 Å². The van der Waals surface area contributed by atoms with E-state index in [1.807, 2.05) is 18.5 Å². The molecule has 9 heteroatoms. The van der Waals surface area contributed by atoms with Crippen LogP contribution in [0, 0.1) is 5.92 Å². The first-order chi connectivity index (χ1) is 16.7. The van der Waals surface area contributed by atoms with Gasteiger partial charge in [-0.3, -0.25) is 14.9 Å². The highest BCUT2D eigenvalue weighted by Crippen LogP contribution is 2.39. The van der Waals surface area contributed by atoms with Crippen molar-refractivity contribution in [3.8, 4) is 0 Å². The van der Waals surface area contributed by atoms with Crippen molar-refractivity contribution in [3.63, 3.8) is 0 Å². The lowest BCUT2D eigenvalue weighted by atomic mass is 9.97. The van der Waals surface area contributed by atoms with Crippen molar-refractivity contribution in [1.82, 2.24) is 10.2 Å². The highest BCUT2D eigenvalue weighted by Gasteiger charge is 2.39. The van der Waals surface area contributed by atoms with Crippen molar-refractivity contribution in [2.45, 2.75) is 32.3 Å². The largest absolute Gasteiger partial charge is 0.476 e. The molecule has 0 amide bonds. The molecule has 2 bridgehead atoms. The third-order valence-corrected chi connectivity index (χ3v) is 6.22. The zero-order valence-corrected chi connectivity index (χ0v) is 19.8. The first kappa shape index (κ1) is 22.9. The fourth-order valence-corrected chi connectivity index (χ4v) is 4.44. The van der Waals surface area contributed by atoms with E-state index in [0.717, 1.165) is 53.5 Å². The minimum Gasteiger partial charge on any atom is -0.476 e. The fourth-order valence-electron chi connectivity index (χ4n) is 4.44. The van der Waals surface area contributed by atoms with Crippen molar-refractivity contribution in [2.24, 2.45) is 15.9 Å². The zero-order chi connectivity index (χ0) is 23.3. The summed E-state index contributed by atoms with van der Waals surface area (Å²) >= 11 is 0. The van der Waals surface area contributed by atoms with E-state index in [-0.39, 0.29) is 12.9 Å². The van der Waals surface area contributed by atoms with Gasteiger partial charge in [-0.1, -0.05) is 19.1 Å². The van der Waals surface area contributed by atoms with Crippen LogP contribution in [0.25, 0.3) is 0 Å². The van der Waals surface area contributed by atoms with Crippen molar-refractivity contribution in [2.75, 3.05) is 46.9 Å². The standard InChI is InChI=1S/C25H32N4O5/c1-17-4-3-8-26-13-18-5-6-20-24(34-16-33-20)23(18)29-22(32-11-10-30-2)12-21-27-14-19(25(29)28-21)7-9-31-15-17/h3,5,8,12-13,17,20H,4,6-7,9-11,14-16H2,1-2H3,(H,27,28). The summed E-state index contributed by atoms with van der Waals surface area (Å²) in [6.45, 7) is 5.25. The van der Waals surface area contributed by atoms with Gasteiger partial charge in [0.2, 0.25) is 5.88 Å². The maximum atomic E-state index is 6.21.